The Morgan fingerprint density at radius 3 is 2.50 bits per heavy atom. The number of fused-ring (bicyclic) bond motifs is 5. The van der Waals surface area contributed by atoms with Crippen molar-refractivity contribution >= 4 is 5.91 Å². The van der Waals surface area contributed by atoms with Crippen LogP contribution in [0.1, 0.15) is 105 Å². The second-order valence-electron chi connectivity index (χ2n) is 14.0. The molecule has 0 aromatic rings. The van der Waals surface area contributed by atoms with Gasteiger partial charge in [0.25, 0.3) is 0 Å². The number of aliphatic hydroxyl groups excluding tert-OH is 1. The molecule has 9 unspecified atom stereocenters. The summed E-state index contributed by atoms with van der Waals surface area (Å²) in [6.07, 6.45) is 13.7. The van der Waals surface area contributed by atoms with Crippen LogP contribution in [-0.2, 0) is 4.79 Å². The molecule has 9 atom stereocenters. The zero-order valence-electron chi connectivity index (χ0n) is 23.9. The van der Waals surface area contributed by atoms with Crippen molar-refractivity contribution in [2.75, 3.05) is 20.1 Å². The van der Waals surface area contributed by atoms with E-state index in [2.05, 4.69) is 24.5 Å². The van der Waals surface area contributed by atoms with Gasteiger partial charge in [-0.05, 0) is 131 Å². The molecule has 4 aliphatic carbocycles. The monoisotopic (exact) mass is 504 g/mol. The van der Waals surface area contributed by atoms with Gasteiger partial charge >= 0.3 is 0 Å². The average Bonchev–Trinajstić information content (AvgIpc) is 3.13. The Balaban J connectivity index is 1.35. The van der Waals surface area contributed by atoms with Gasteiger partial charge in [-0.15, -0.1) is 0 Å². The number of hydrogen-bond acceptors (Lipinski definition) is 5. The smallest absolute Gasteiger partial charge is 0.220 e. The Labute approximate surface area is 220 Å². The molecule has 0 aromatic heterocycles. The van der Waals surface area contributed by atoms with E-state index in [0.29, 0.717) is 52.9 Å². The highest BCUT2D eigenvalue weighted by atomic mass is 16.3. The minimum atomic E-state index is -0.141. The Kier molecular flexibility index (Phi) is 9.12. The molecule has 0 aromatic carbocycles. The van der Waals surface area contributed by atoms with E-state index in [1.54, 1.807) is 5.01 Å². The number of aliphatic hydroxyl groups is 1. The van der Waals surface area contributed by atoms with Crippen LogP contribution in [0.15, 0.2) is 0 Å². The number of carbonyl (C=O) groups is 1. The van der Waals surface area contributed by atoms with Crippen molar-refractivity contribution in [3.8, 4) is 0 Å². The molecule has 0 bridgehead atoms. The van der Waals surface area contributed by atoms with Gasteiger partial charge < -0.3 is 15.7 Å². The molecule has 0 saturated heterocycles. The van der Waals surface area contributed by atoms with Crippen LogP contribution in [0.2, 0.25) is 0 Å². The van der Waals surface area contributed by atoms with Gasteiger partial charge in [0.15, 0.2) is 0 Å². The number of hydrogen-bond donors (Lipinski definition) is 4. The first-order valence-electron chi connectivity index (χ1n) is 15.2. The zero-order chi connectivity index (χ0) is 26.1. The van der Waals surface area contributed by atoms with Gasteiger partial charge in [-0.3, -0.25) is 15.6 Å². The van der Waals surface area contributed by atoms with Crippen molar-refractivity contribution in [2.45, 2.75) is 123 Å². The van der Waals surface area contributed by atoms with Gasteiger partial charge in [-0.1, -0.05) is 13.8 Å². The van der Waals surface area contributed by atoms with Gasteiger partial charge in [0.2, 0.25) is 5.91 Å². The van der Waals surface area contributed by atoms with Gasteiger partial charge in [-0.25, -0.2) is 0 Å². The second-order valence-corrected chi connectivity index (χ2v) is 14.0. The van der Waals surface area contributed by atoms with Crippen LogP contribution in [0.5, 0.6) is 0 Å². The molecule has 0 aliphatic heterocycles. The first-order chi connectivity index (χ1) is 17.0. The van der Waals surface area contributed by atoms with E-state index in [-0.39, 0.29) is 18.1 Å². The Morgan fingerprint density at radius 2 is 1.78 bits per heavy atom. The Bertz CT molecular complexity index is 744. The first-order valence-corrected chi connectivity index (χ1v) is 15.2. The van der Waals surface area contributed by atoms with Crippen molar-refractivity contribution in [1.82, 2.24) is 15.6 Å². The molecule has 208 valence electrons. The summed E-state index contributed by atoms with van der Waals surface area (Å²) >= 11 is 0. The molecule has 4 aliphatic rings. The summed E-state index contributed by atoms with van der Waals surface area (Å²) in [4.78, 5) is 12.2. The summed E-state index contributed by atoms with van der Waals surface area (Å²) in [7, 11) is 1.93. The second kappa shape index (κ2) is 11.6. The summed E-state index contributed by atoms with van der Waals surface area (Å²) in [6.45, 7) is 11.2. The minimum Gasteiger partial charge on any atom is -0.393 e. The van der Waals surface area contributed by atoms with Crippen molar-refractivity contribution in [3.63, 3.8) is 0 Å². The standard InChI is InChI=1S/C30H56N4O2/c1-20(2)33-27(36)9-6-8-21-10-11-24-28-25(13-15-29(21,24)3)30(4)14-12-23(18-22(30)19-26(28)35)32-16-7-17-34(5)31/h20-26,28,32,35H,6-19,31H2,1-5H3,(H,33,36). The van der Waals surface area contributed by atoms with E-state index in [1.165, 1.54) is 51.4 Å². The molecule has 6 heteroatoms. The van der Waals surface area contributed by atoms with E-state index >= 15 is 0 Å². The highest BCUT2D eigenvalue weighted by Gasteiger charge is 2.62. The van der Waals surface area contributed by atoms with E-state index < -0.39 is 0 Å². The Hall–Kier alpha value is -0.690. The highest BCUT2D eigenvalue weighted by molar-refractivity contribution is 5.76. The number of rotatable bonds is 10. The fraction of sp³-hybridized carbons (Fsp3) is 0.967. The summed E-state index contributed by atoms with van der Waals surface area (Å²) in [5.74, 6) is 9.11. The lowest BCUT2D eigenvalue weighted by Gasteiger charge is -2.62. The third-order valence-corrected chi connectivity index (χ3v) is 11.4. The molecule has 36 heavy (non-hydrogen) atoms. The van der Waals surface area contributed by atoms with Crippen LogP contribution in [0.3, 0.4) is 0 Å². The molecule has 4 saturated carbocycles. The molecular formula is C30H56N4O2. The maximum absolute atomic E-state index is 12.2. The van der Waals surface area contributed by atoms with Crippen LogP contribution < -0.4 is 16.5 Å². The lowest BCUT2D eigenvalue weighted by Crippen LogP contribution is -2.59. The predicted molar refractivity (Wildman–Crippen MR) is 147 cm³/mol. The van der Waals surface area contributed by atoms with Gasteiger partial charge in [0, 0.05) is 32.1 Å². The molecule has 0 radical (unpaired) electrons. The normalized spacial score (nSPS) is 42.2. The number of nitrogens with zero attached hydrogens (tertiary/aromatic N) is 1. The average molecular weight is 505 g/mol. The van der Waals surface area contributed by atoms with E-state index in [4.69, 9.17) is 5.84 Å². The Morgan fingerprint density at radius 1 is 1.06 bits per heavy atom. The zero-order valence-corrected chi connectivity index (χ0v) is 23.9. The highest BCUT2D eigenvalue weighted by Crippen LogP contribution is 2.67. The van der Waals surface area contributed by atoms with E-state index in [9.17, 15) is 9.90 Å². The van der Waals surface area contributed by atoms with Gasteiger partial charge in [-0.2, -0.15) is 0 Å². The number of amides is 1. The number of carbonyl (C=O) groups excluding carboxylic acids is 1. The topological polar surface area (TPSA) is 90.6 Å². The SMILES string of the molecule is CC(C)NC(=O)CCCC1CCC2C3C(O)CC4CC(NCCCN(C)N)CCC4(C)C3CCC12C. The van der Waals surface area contributed by atoms with Crippen molar-refractivity contribution in [3.05, 3.63) is 0 Å². The first kappa shape index (κ1) is 28.3. The summed E-state index contributed by atoms with van der Waals surface area (Å²) in [5.41, 5.74) is 0.725. The van der Waals surface area contributed by atoms with Crippen molar-refractivity contribution in [1.29, 1.82) is 0 Å². The molecule has 6 nitrogen and oxygen atoms in total. The molecule has 0 spiro atoms. The largest absolute Gasteiger partial charge is 0.393 e. The number of nitrogens with two attached hydrogens (primary N) is 1. The third kappa shape index (κ3) is 5.82. The molecule has 1 amide bonds. The van der Waals surface area contributed by atoms with Crippen molar-refractivity contribution < 1.29 is 9.90 Å². The minimum absolute atomic E-state index is 0.141. The molecule has 5 N–H and O–H groups in total. The molecule has 4 fully saturated rings. The van der Waals surface area contributed by atoms with Crippen molar-refractivity contribution in [2.24, 2.45) is 46.3 Å². The maximum atomic E-state index is 12.2. The maximum Gasteiger partial charge on any atom is 0.220 e. The molecular weight excluding hydrogens is 448 g/mol. The van der Waals surface area contributed by atoms with E-state index in [0.717, 1.165) is 32.4 Å². The van der Waals surface area contributed by atoms with Gasteiger partial charge in [0.05, 0.1) is 6.10 Å². The lowest BCUT2D eigenvalue weighted by atomic mass is 9.44. The number of hydrazine groups is 1. The fourth-order valence-corrected chi connectivity index (χ4v) is 9.53. The fourth-order valence-electron chi connectivity index (χ4n) is 9.53. The summed E-state index contributed by atoms with van der Waals surface area (Å²) in [5, 5.41) is 20.2. The third-order valence-electron chi connectivity index (χ3n) is 11.4. The van der Waals surface area contributed by atoms with Crippen LogP contribution in [-0.4, -0.2) is 54.3 Å². The van der Waals surface area contributed by atoms with Crippen LogP contribution >= 0.6 is 0 Å². The summed E-state index contributed by atoms with van der Waals surface area (Å²) in [6, 6.07) is 0.815. The predicted octanol–water partition coefficient (Wildman–Crippen LogP) is 4.46. The molecule has 0 heterocycles. The lowest BCUT2D eigenvalue weighted by molar-refractivity contribution is -0.165. The van der Waals surface area contributed by atoms with Crippen LogP contribution in [0.25, 0.3) is 0 Å². The van der Waals surface area contributed by atoms with Crippen LogP contribution in [0.4, 0.5) is 0 Å². The summed E-state index contributed by atoms with van der Waals surface area (Å²) < 4.78 is 0. The quantitative estimate of drug-likeness (QED) is 0.200. The van der Waals surface area contributed by atoms with Crippen LogP contribution in [0, 0.1) is 40.4 Å². The molecule has 4 rings (SSSR count). The number of nitrogens with one attached hydrogen (secondary N) is 2. The van der Waals surface area contributed by atoms with Gasteiger partial charge in [0.1, 0.15) is 0 Å². The van der Waals surface area contributed by atoms with E-state index in [1.807, 2.05) is 20.9 Å².